The second-order valence-electron chi connectivity index (χ2n) is 3.48. The highest BCUT2D eigenvalue weighted by atomic mass is 16.5. The minimum atomic E-state index is 0.616. The van der Waals surface area contributed by atoms with Gasteiger partial charge < -0.3 is 4.74 Å². The molecule has 2 rings (SSSR count). The van der Waals surface area contributed by atoms with Gasteiger partial charge in [0.1, 0.15) is 13.7 Å². The number of nitrogens with zero attached hydrogens (tertiary/aromatic N) is 1. The Bertz CT molecular complexity index is 426. The number of ether oxygens (including phenoxy) is 1. The molecule has 1 aromatic carbocycles. The number of aryl methyl sites for hydroxylation is 1. The van der Waals surface area contributed by atoms with Crippen LogP contribution in [0.1, 0.15) is 5.56 Å². The van der Waals surface area contributed by atoms with Gasteiger partial charge in [0, 0.05) is 6.07 Å². The first-order valence-corrected chi connectivity index (χ1v) is 4.96. The van der Waals surface area contributed by atoms with Crippen molar-refractivity contribution >= 4 is 0 Å². The lowest BCUT2D eigenvalue weighted by Gasteiger charge is -2.03. The Morgan fingerprint density at radius 3 is 2.60 bits per heavy atom. The van der Waals surface area contributed by atoms with E-state index >= 15 is 0 Å². The molecule has 0 spiro atoms. The van der Waals surface area contributed by atoms with Crippen molar-refractivity contribution in [2.45, 2.75) is 6.61 Å². The third kappa shape index (κ3) is 2.81. The molecule has 0 amide bonds. The lowest BCUT2D eigenvalue weighted by molar-refractivity contribution is -0.671. The van der Waals surface area contributed by atoms with Crippen LogP contribution in [0.15, 0.2) is 54.9 Å². The highest BCUT2D eigenvalue weighted by Crippen LogP contribution is 2.08. The SMILES string of the molecule is C[n+]1cccc(OCc2ccccc2)c1. The van der Waals surface area contributed by atoms with E-state index in [9.17, 15) is 0 Å². The van der Waals surface area contributed by atoms with Crippen LogP contribution >= 0.6 is 0 Å². The van der Waals surface area contributed by atoms with Crippen molar-refractivity contribution in [1.29, 1.82) is 0 Å². The molecule has 0 bridgehead atoms. The molecule has 2 heteroatoms. The highest BCUT2D eigenvalue weighted by Gasteiger charge is 1.98. The summed E-state index contributed by atoms with van der Waals surface area (Å²) in [6, 6.07) is 14.1. The molecule has 0 aliphatic rings. The Labute approximate surface area is 89.8 Å². The zero-order valence-electron chi connectivity index (χ0n) is 8.76. The normalized spacial score (nSPS) is 9.93. The third-order valence-corrected chi connectivity index (χ3v) is 2.16. The second kappa shape index (κ2) is 4.60. The smallest absolute Gasteiger partial charge is 0.210 e. The molecular weight excluding hydrogens is 186 g/mol. The molecule has 2 aromatic rings. The van der Waals surface area contributed by atoms with Gasteiger partial charge in [-0.1, -0.05) is 30.3 Å². The fourth-order valence-corrected chi connectivity index (χ4v) is 1.39. The van der Waals surface area contributed by atoms with Crippen molar-refractivity contribution in [3.63, 3.8) is 0 Å². The van der Waals surface area contributed by atoms with Crippen molar-refractivity contribution in [3.8, 4) is 5.75 Å². The van der Waals surface area contributed by atoms with Crippen LogP contribution in [0.3, 0.4) is 0 Å². The van der Waals surface area contributed by atoms with Gasteiger partial charge in [0.2, 0.25) is 6.20 Å². The van der Waals surface area contributed by atoms with Gasteiger partial charge >= 0.3 is 0 Å². The van der Waals surface area contributed by atoms with Crippen LogP contribution in [0.2, 0.25) is 0 Å². The molecule has 0 saturated carbocycles. The molecule has 0 aliphatic heterocycles. The largest absolute Gasteiger partial charge is 0.483 e. The van der Waals surface area contributed by atoms with Crippen LogP contribution in [0.25, 0.3) is 0 Å². The van der Waals surface area contributed by atoms with Crippen LogP contribution in [-0.2, 0) is 13.7 Å². The number of aromatic nitrogens is 1. The predicted octanol–water partition coefficient (Wildman–Crippen LogP) is 2.09. The van der Waals surface area contributed by atoms with E-state index in [4.69, 9.17) is 4.74 Å². The minimum absolute atomic E-state index is 0.616. The van der Waals surface area contributed by atoms with E-state index < -0.39 is 0 Å². The first-order chi connectivity index (χ1) is 7.34. The molecule has 0 saturated heterocycles. The van der Waals surface area contributed by atoms with Crippen LogP contribution in [-0.4, -0.2) is 0 Å². The zero-order chi connectivity index (χ0) is 10.5. The summed E-state index contributed by atoms with van der Waals surface area (Å²) in [5, 5.41) is 0. The summed E-state index contributed by atoms with van der Waals surface area (Å²) in [6.07, 6.45) is 3.94. The van der Waals surface area contributed by atoms with E-state index in [1.807, 2.05) is 54.3 Å². The van der Waals surface area contributed by atoms with E-state index in [1.54, 1.807) is 0 Å². The maximum absolute atomic E-state index is 5.65. The Hall–Kier alpha value is -1.83. The van der Waals surface area contributed by atoms with Crippen molar-refractivity contribution in [1.82, 2.24) is 0 Å². The first kappa shape index (κ1) is 9.71. The average Bonchev–Trinajstić information content (AvgIpc) is 2.28. The van der Waals surface area contributed by atoms with Crippen LogP contribution < -0.4 is 9.30 Å². The van der Waals surface area contributed by atoms with Gasteiger partial charge in [0.15, 0.2) is 11.9 Å². The molecule has 76 valence electrons. The number of rotatable bonds is 3. The van der Waals surface area contributed by atoms with E-state index in [-0.39, 0.29) is 0 Å². The third-order valence-electron chi connectivity index (χ3n) is 2.16. The van der Waals surface area contributed by atoms with E-state index in [2.05, 4.69) is 12.1 Å². The Morgan fingerprint density at radius 2 is 1.87 bits per heavy atom. The molecule has 0 N–H and O–H groups in total. The molecule has 0 atom stereocenters. The maximum Gasteiger partial charge on any atom is 0.210 e. The quantitative estimate of drug-likeness (QED) is 0.691. The van der Waals surface area contributed by atoms with Crippen molar-refractivity contribution in [3.05, 3.63) is 60.4 Å². The molecule has 1 heterocycles. The summed E-state index contributed by atoms with van der Waals surface area (Å²) in [6.45, 7) is 0.616. The number of pyridine rings is 1. The molecule has 0 radical (unpaired) electrons. The summed E-state index contributed by atoms with van der Waals surface area (Å²) in [5.41, 5.74) is 1.18. The molecular formula is C13H14NO+. The summed E-state index contributed by atoms with van der Waals surface area (Å²) in [5.74, 6) is 0.892. The lowest BCUT2D eigenvalue weighted by Crippen LogP contribution is -2.26. The van der Waals surface area contributed by atoms with Gasteiger partial charge in [-0.2, -0.15) is 0 Å². The number of hydrogen-bond donors (Lipinski definition) is 0. The van der Waals surface area contributed by atoms with Gasteiger partial charge in [0.25, 0.3) is 0 Å². The van der Waals surface area contributed by atoms with Gasteiger partial charge in [-0.15, -0.1) is 0 Å². The Morgan fingerprint density at radius 1 is 1.07 bits per heavy atom. The lowest BCUT2D eigenvalue weighted by atomic mass is 10.2. The average molecular weight is 200 g/mol. The van der Waals surface area contributed by atoms with E-state index in [0.29, 0.717) is 6.61 Å². The van der Waals surface area contributed by atoms with Gasteiger partial charge in [0.05, 0.1) is 0 Å². The molecule has 15 heavy (non-hydrogen) atoms. The van der Waals surface area contributed by atoms with Crippen LogP contribution in [0.5, 0.6) is 5.75 Å². The minimum Gasteiger partial charge on any atom is -0.483 e. The fourth-order valence-electron chi connectivity index (χ4n) is 1.39. The molecule has 2 nitrogen and oxygen atoms in total. The predicted molar refractivity (Wildman–Crippen MR) is 58.4 cm³/mol. The summed E-state index contributed by atoms with van der Waals surface area (Å²) >= 11 is 0. The number of benzene rings is 1. The molecule has 0 unspecified atom stereocenters. The van der Waals surface area contributed by atoms with E-state index in [1.165, 1.54) is 5.56 Å². The summed E-state index contributed by atoms with van der Waals surface area (Å²) < 4.78 is 7.62. The van der Waals surface area contributed by atoms with Gasteiger partial charge in [-0.25, -0.2) is 4.57 Å². The Kier molecular flexibility index (Phi) is 2.98. The Balaban J connectivity index is 1.99. The van der Waals surface area contributed by atoms with Gasteiger partial charge in [-0.3, -0.25) is 0 Å². The van der Waals surface area contributed by atoms with Crippen LogP contribution in [0.4, 0.5) is 0 Å². The number of hydrogen-bond acceptors (Lipinski definition) is 1. The highest BCUT2D eigenvalue weighted by molar-refractivity contribution is 5.17. The van der Waals surface area contributed by atoms with E-state index in [0.717, 1.165) is 5.75 Å². The van der Waals surface area contributed by atoms with Gasteiger partial charge in [-0.05, 0) is 11.6 Å². The van der Waals surface area contributed by atoms with Crippen LogP contribution in [0, 0.1) is 0 Å². The second-order valence-corrected chi connectivity index (χ2v) is 3.48. The summed E-state index contributed by atoms with van der Waals surface area (Å²) in [7, 11) is 1.98. The molecule has 0 aliphatic carbocycles. The first-order valence-electron chi connectivity index (χ1n) is 4.96. The topological polar surface area (TPSA) is 13.1 Å². The van der Waals surface area contributed by atoms with Crippen molar-refractivity contribution in [2.24, 2.45) is 7.05 Å². The summed E-state index contributed by atoms with van der Waals surface area (Å²) in [4.78, 5) is 0. The van der Waals surface area contributed by atoms with Crippen molar-refractivity contribution < 1.29 is 9.30 Å². The molecule has 0 fully saturated rings. The monoisotopic (exact) mass is 200 g/mol. The standard InChI is InChI=1S/C13H14NO/c1-14-9-5-8-13(10-14)15-11-12-6-3-2-4-7-12/h2-10H,11H2,1H3/q+1. The maximum atomic E-state index is 5.65. The zero-order valence-corrected chi connectivity index (χ0v) is 8.76. The molecule has 1 aromatic heterocycles. The van der Waals surface area contributed by atoms with Crippen molar-refractivity contribution in [2.75, 3.05) is 0 Å². The fraction of sp³-hybridized carbons (Fsp3) is 0.154.